The average molecular weight is 336 g/mol. The Morgan fingerprint density at radius 3 is 2.68 bits per heavy atom. The number of anilines is 1. The van der Waals surface area contributed by atoms with Crippen molar-refractivity contribution >= 4 is 23.0 Å². The van der Waals surface area contributed by atoms with Gasteiger partial charge < -0.3 is 15.0 Å². The number of nitrogens with one attached hydrogen (secondary N) is 2. The predicted molar refractivity (Wildman–Crippen MR) is 96.4 cm³/mol. The fourth-order valence-electron chi connectivity index (χ4n) is 2.53. The number of fused-ring (bicyclic) bond motifs is 1. The molecule has 0 radical (unpaired) electrons. The molecule has 0 spiro atoms. The molecule has 6 heteroatoms. The Balaban J connectivity index is 1.67. The highest BCUT2D eigenvalue weighted by Crippen LogP contribution is 2.17. The molecule has 128 valence electrons. The third-order valence-corrected chi connectivity index (χ3v) is 4.04. The van der Waals surface area contributed by atoms with Gasteiger partial charge in [0.25, 0.3) is 5.91 Å². The van der Waals surface area contributed by atoms with Crippen LogP contribution in [-0.4, -0.2) is 21.2 Å². The topological polar surface area (TPSA) is 75.5 Å². The standard InChI is InChI=1S/C19H20N4O2/c1-3-18(24)22-16-6-4-14(5-7-16)13(2)21-19(25)15-8-9-23-12-20-11-17(23)10-15/h4-13H,3H2,1-2H3,(H,21,25)(H,22,24). The summed E-state index contributed by atoms with van der Waals surface area (Å²) >= 11 is 0. The summed E-state index contributed by atoms with van der Waals surface area (Å²) in [6.45, 7) is 3.73. The van der Waals surface area contributed by atoms with E-state index in [0.29, 0.717) is 12.0 Å². The van der Waals surface area contributed by atoms with Gasteiger partial charge in [-0.25, -0.2) is 4.98 Å². The third kappa shape index (κ3) is 3.85. The van der Waals surface area contributed by atoms with E-state index in [1.165, 1.54) is 0 Å². The van der Waals surface area contributed by atoms with Crippen LogP contribution in [-0.2, 0) is 4.79 Å². The maximum absolute atomic E-state index is 12.4. The molecule has 1 atom stereocenters. The lowest BCUT2D eigenvalue weighted by atomic mass is 10.1. The fourth-order valence-corrected chi connectivity index (χ4v) is 2.53. The molecule has 2 amide bonds. The van der Waals surface area contributed by atoms with Gasteiger partial charge in [0.15, 0.2) is 0 Å². The quantitative estimate of drug-likeness (QED) is 0.751. The predicted octanol–water partition coefficient (Wildman–Crippen LogP) is 3.17. The number of benzene rings is 1. The molecule has 0 saturated carbocycles. The number of pyridine rings is 1. The molecular formula is C19H20N4O2. The van der Waals surface area contributed by atoms with Crippen LogP contribution in [0.3, 0.4) is 0 Å². The van der Waals surface area contributed by atoms with Gasteiger partial charge in [0, 0.05) is 23.9 Å². The molecule has 2 N–H and O–H groups in total. The lowest BCUT2D eigenvalue weighted by Gasteiger charge is -2.15. The maximum atomic E-state index is 12.4. The summed E-state index contributed by atoms with van der Waals surface area (Å²) in [5.41, 5.74) is 3.18. The highest BCUT2D eigenvalue weighted by atomic mass is 16.2. The van der Waals surface area contributed by atoms with Crippen LogP contribution < -0.4 is 10.6 Å². The summed E-state index contributed by atoms with van der Waals surface area (Å²) < 4.78 is 1.85. The normalized spacial score (nSPS) is 11.9. The van der Waals surface area contributed by atoms with Crippen molar-refractivity contribution in [1.29, 1.82) is 0 Å². The molecule has 2 heterocycles. The Kier molecular flexibility index (Phi) is 4.79. The molecule has 2 aromatic heterocycles. The number of hydrogen-bond donors (Lipinski definition) is 2. The molecule has 25 heavy (non-hydrogen) atoms. The SMILES string of the molecule is CCC(=O)Nc1ccc(C(C)NC(=O)c2ccn3cncc3c2)cc1. The van der Waals surface area contributed by atoms with Gasteiger partial charge in [-0.2, -0.15) is 0 Å². The van der Waals surface area contributed by atoms with Gasteiger partial charge in [-0.3, -0.25) is 9.59 Å². The van der Waals surface area contributed by atoms with Crippen LogP contribution in [0.4, 0.5) is 5.69 Å². The number of aromatic nitrogens is 2. The zero-order valence-corrected chi connectivity index (χ0v) is 14.2. The number of carbonyl (C=O) groups is 2. The first-order chi connectivity index (χ1) is 12.1. The van der Waals surface area contributed by atoms with Crippen LogP contribution in [0.2, 0.25) is 0 Å². The van der Waals surface area contributed by atoms with Gasteiger partial charge in [0.1, 0.15) is 0 Å². The largest absolute Gasteiger partial charge is 0.346 e. The summed E-state index contributed by atoms with van der Waals surface area (Å²) in [5.74, 6) is -0.163. The van der Waals surface area contributed by atoms with E-state index in [-0.39, 0.29) is 17.9 Å². The van der Waals surface area contributed by atoms with Crippen molar-refractivity contribution < 1.29 is 9.59 Å². The van der Waals surface area contributed by atoms with E-state index < -0.39 is 0 Å². The molecule has 3 rings (SSSR count). The molecule has 0 bridgehead atoms. The molecule has 1 aromatic carbocycles. The molecule has 1 unspecified atom stereocenters. The first kappa shape index (κ1) is 16.7. The lowest BCUT2D eigenvalue weighted by Crippen LogP contribution is -2.26. The Bertz CT molecular complexity index is 899. The monoisotopic (exact) mass is 336 g/mol. The van der Waals surface area contributed by atoms with Crippen LogP contribution in [0.1, 0.15) is 42.2 Å². The Morgan fingerprint density at radius 1 is 1.20 bits per heavy atom. The van der Waals surface area contributed by atoms with Gasteiger partial charge >= 0.3 is 0 Å². The zero-order chi connectivity index (χ0) is 17.8. The van der Waals surface area contributed by atoms with E-state index in [2.05, 4.69) is 15.6 Å². The second kappa shape index (κ2) is 7.17. The molecule has 0 saturated heterocycles. The second-order valence-electron chi connectivity index (χ2n) is 5.86. The number of carbonyl (C=O) groups excluding carboxylic acids is 2. The van der Waals surface area contributed by atoms with Crippen molar-refractivity contribution in [3.8, 4) is 0 Å². The minimum absolute atomic E-state index is 0.0237. The minimum atomic E-state index is -0.149. The van der Waals surface area contributed by atoms with E-state index >= 15 is 0 Å². The van der Waals surface area contributed by atoms with Gasteiger partial charge in [-0.15, -0.1) is 0 Å². The Hall–Kier alpha value is -3.15. The molecule has 0 aliphatic carbocycles. The smallest absolute Gasteiger partial charge is 0.251 e. The number of amides is 2. The van der Waals surface area contributed by atoms with E-state index in [4.69, 9.17) is 0 Å². The molecule has 0 aliphatic rings. The summed E-state index contributed by atoms with van der Waals surface area (Å²) in [6, 6.07) is 10.9. The van der Waals surface area contributed by atoms with Crippen molar-refractivity contribution in [3.05, 3.63) is 66.2 Å². The molecule has 3 aromatic rings. The van der Waals surface area contributed by atoms with E-state index in [1.807, 2.05) is 48.7 Å². The van der Waals surface area contributed by atoms with Gasteiger partial charge in [-0.1, -0.05) is 19.1 Å². The summed E-state index contributed by atoms with van der Waals surface area (Å²) in [5, 5.41) is 5.79. The van der Waals surface area contributed by atoms with Crippen molar-refractivity contribution in [2.75, 3.05) is 5.32 Å². The van der Waals surface area contributed by atoms with Crippen LogP contribution >= 0.6 is 0 Å². The van der Waals surface area contributed by atoms with Gasteiger partial charge in [0.2, 0.25) is 5.91 Å². The second-order valence-corrected chi connectivity index (χ2v) is 5.86. The highest BCUT2D eigenvalue weighted by Gasteiger charge is 2.12. The lowest BCUT2D eigenvalue weighted by molar-refractivity contribution is -0.115. The van der Waals surface area contributed by atoms with E-state index in [0.717, 1.165) is 16.8 Å². The average Bonchev–Trinajstić information content (AvgIpc) is 3.09. The third-order valence-electron chi connectivity index (χ3n) is 4.04. The molecule has 0 aliphatic heterocycles. The molecule has 0 fully saturated rings. The van der Waals surface area contributed by atoms with E-state index in [1.54, 1.807) is 24.7 Å². The summed E-state index contributed by atoms with van der Waals surface area (Å²) in [4.78, 5) is 27.9. The van der Waals surface area contributed by atoms with Crippen LogP contribution in [0, 0.1) is 0 Å². The Labute approximate surface area is 145 Å². The van der Waals surface area contributed by atoms with Crippen molar-refractivity contribution in [2.24, 2.45) is 0 Å². The summed E-state index contributed by atoms with van der Waals surface area (Å²) in [6.07, 6.45) is 5.66. The van der Waals surface area contributed by atoms with Crippen molar-refractivity contribution in [2.45, 2.75) is 26.3 Å². The van der Waals surface area contributed by atoms with Crippen molar-refractivity contribution in [1.82, 2.24) is 14.7 Å². The van der Waals surface area contributed by atoms with Gasteiger partial charge in [-0.05, 0) is 36.8 Å². The Morgan fingerprint density at radius 2 is 1.96 bits per heavy atom. The zero-order valence-electron chi connectivity index (χ0n) is 14.2. The number of imidazole rings is 1. The number of hydrogen-bond acceptors (Lipinski definition) is 3. The number of rotatable bonds is 5. The summed E-state index contributed by atoms with van der Waals surface area (Å²) in [7, 11) is 0. The molecular weight excluding hydrogens is 316 g/mol. The van der Waals surface area contributed by atoms with Gasteiger partial charge in [0.05, 0.1) is 24.1 Å². The van der Waals surface area contributed by atoms with E-state index in [9.17, 15) is 9.59 Å². The fraction of sp³-hybridized carbons (Fsp3) is 0.211. The first-order valence-corrected chi connectivity index (χ1v) is 8.19. The van der Waals surface area contributed by atoms with Crippen LogP contribution in [0.25, 0.3) is 5.52 Å². The van der Waals surface area contributed by atoms with Crippen LogP contribution in [0.5, 0.6) is 0 Å². The van der Waals surface area contributed by atoms with Crippen LogP contribution in [0.15, 0.2) is 55.1 Å². The minimum Gasteiger partial charge on any atom is -0.346 e. The molecule has 6 nitrogen and oxygen atoms in total. The number of nitrogens with zero attached hydrogens (tertiary/aromatic N) is 2. The highest BCUT2D eigenvalue weighted by molar-refractivity contribution is 5.95. The maximum Gasteiger partial charge on any atom is 0.251 e. The van der Waals surface area contributed by atoms with Crippen molar-refractivity contribution in [3.63, 3.8) is 0 Å². The first-order valence-electron chi connectivity index (χ1n) is 8.19.